The highest BCUT2D eigenvalue weighted by Gasteiger charge is 2.43. The summed E-state index contributed by atoms with van der Waals surface area (Å²) >= 11 is 0. The smallest absolute Gasteiger partial charge is 0.244 e. The Balaban J connectivity index is 1.80. The van der Waals surface area contributed by atoms with E-state index in [-0.39, 0.29) is 11.4 Å². The SMILES string of the molecule is O=S1(=O)c2ccccc2[C@@H](O)[C@@H](Cc2ccccn2)N1Cc1ccccc1. The first-order valence-electron chi connectivity index (χ1n) is 8.80. The number of hydrogen-bond donors (Lipinski definition) is 1. The van der Waals surface area contributed by atoms with Crippen molar-refractivity contribution in [2.75, 3.05) is 0 Å². The summed E-state index contributed by atoms with van der Waals surface area (Å²) in [5, 5.41) is 11.0. The Kier molecular flexibility index (Phi) is 4.78. The molecule has 4 rings (SSSR count). The number of aromatic nitrogens is 1. The van der Waals surface area contributed by atoms with Crippen LogP contribution in [0.15, 0.2) is 83.9 Å². The number of fused-ring (bicyclic) bond motifs is 1. The Labute approximate surface area is 159 Å². The van der Waals surface area contributed by atoms with Crippen LogP contribution in [0.3, 0.4) is 0 Å². The molecule has 5 nitrogen and oxygen atoms in total. The highest BCUT2D eigenvalue weighted by molar-refractivity contribution is 7.89. The van der Waals surface area contributed by atoms with Gasteiger partial charge in [0.1, 0.15) is 0 Å². The molecule has 1 aromatic heterocycles. The Morgan fingerprint density at radius 1 is 0.926 bits per heavy atom. The van der Waals surface area contributed by atoms with E-state index in [0.29, 0.717) is 12.0 Å². The van der Waals surface area contributed by atoms with E-state index in [0.717, 1.165) is 11.3 Å². The molecule has 0 saturated heterocycles. The van der Waals surface area contributed by atoms with Crippen LogP contribution in [-0.4, -0.2) is 28.9 Å². The minimum Gasteiger partial charge on any atom is -0.387 e. The third kappa shape index (κ3) is 3.39. The number of benzene rings is 2. The van der Waals surface area contributed by atoms with Gasteiger partial charge < -0.3 is 5.11 Å². The summed E-state index contributed by atoms with van der Waals surface area (Å²) in [4.78, 5) is 4.49. The molecule has 3 aromatic rings. The van der Waals surface area contributed by atoms with Crippen molar-refractivity contribution >= 4 is 10.0 Å². The first kappa shape index (κ1) is 17.9. The van der Waals surface area contributed by atoms with E-state index in [4.69, 9.17) is 0 Å². The lowest BCUT2D eigenvalue weighted by Crippen LogP contribution is -2.48. The van der Waals surface area contributed by atoms with E-state index >= 15 is 0 Å². The summed E-state index contributed by atoms with van der Waals surface area (Å²) < 4.78 is 28.1. The molecule has 6 heteroatoms. The van der Waals surface area contributed by atoms with Gasteiger partial charge in [-0.3, -0.25) is 4.98 Å². The molecule has 0 saturated carbocycles. The van der Waals surface area contributed by atoms with Gasteiger partial charge in [0.15, 0.2) is 0 Å². The molecule has 27 heavy (non-hydrogen) atoms. The van der Waals surface area contributed by atoms with Crippen molar-refractivity contribution < 1.29 is 13.5 Å². The Morgan fingerprint density at radius 2 is 1.63 bits per heavy atom. The summed E-state index contributed by atoms with van der Waals surface area (Å²) in [6.45, 7) is 0.200. The van der Waals surface area contributed by atoms with Gasteiger partial charge in [-0.05, 0) is 23.8 Å². The van der Waals surface area contributed by atoms with Crippen LogP contribution < -0.4 is 0 Å². The van der Waals surface area contributed by atoms with Crippen molar-refractivity contribution in [3.05, 3.63) is 95.8 Å². The van der Waals surface area contributed by atoms with Crippen LogP contribution >= 0.6 is 0 Å². The van der Waals surface area contributed by atoms with Gasteiger partial charge >= 0.3 is 0 Å². The summed E-state index contributed by atoms with van der Waals surface area (Å²) in [7, 11) is -3.74. The molecule has 2 atom stereocenters. The highest BCUT2D eigenvalue weighted by atomic mass is 32.2. The van der Waals surface area contributed by atoms with Gasteiger partial charge in [0.25, 0.3) is 0 Å². The number of aliphatic hydroxyl groups is 1. The first-order chi connectivity index (χ1) is 13.1. The standard InChI is InChI=1S/C21H20N2O3S/c24-21-18-11-4-5-12-20(18)27(25,26)23(15-16-8-2-1-3-9-16)19(21)14-17-10-6-7-13-22-17/h1-13,19,21,24H,14-15H2/t19-,21-/m1/s1. The topological polar surface area (TPSA) is 70.5 Å². The number of hydrogen-bond acceptors (Lipinski definition) is 4. The molecule has 2 heterocycles. The van der Waals surface area contributed by atoms with E-state index in [9.17, 15) is 13.5 Å². The molecule has 0 spiro atoms. The Hall–Kier alpha value is -2.54. The summed E-state index contributed by atoms with van der Waals surface area (Å²) in [5.41, 5.74) is 2.07. The quantitative estimate of drug-likeness (QED) is 0.756. The van der Waals surface area contributed by atoms with Gasteiger partial charge in [0.05, 0.1) is 17.0 Å². The van der Waals surface area contributed by atoms with Crippen LogP contribution in [0.5, 0.6) is 0 Å². The molecular weight excluding hydrogens is 360 g/mol. The molecule has 0 bridgehead atoms. The average molecular weight is 380 g/mol. The number of aliphatic hydroxyl groups excluding tert-OH is 1. The largest absolute Gasteiger partial charge is 0.387 e. The van der Waals surface area contributed by atoms with Gasteiger partial charge in [-0.15, -0.1) is 0 Å². The first-order valence-corrected chi connectivity index (χ1v) is 10.2. The molecule has 1 aliphatic rings. The molecule has 2 aromatic carbocycles. The van der Waals surface area contributed by atoms with Crippen LogP contribution in [0.4, 0.5) is 0 Å². The molecular formula is C21H20N2O3S. The van der Waals surface area contributed by atoms with Crippen molar-refractivity contribution in [3.8, 4) is 0 Å². The summed E-state index contributed by atoms with van der Waals surface area (Å²) in [6.07, 6.45) is 1.09. The second-order valence-corrected chi connectivity index (χ2v) is 8.47. The molecule has 1 aliphatic heterocycles. The monoisotopic (exact) mass is 380 g/mol. The molecule has 0 radical (unpaired) electrons. The lowest BCUT2D eigenvalue weighted by atomic mass is 9.97. The Morgan fingerprint density at radius 3 is 2.37 bits per heavy atom. The number of nitrogens with zero attached hydrogens (tertiary/aromatic N) is 2. The average Bonchev–Trinajstić information content (AvgIpc) is 2.71. The third-order valence-corrected chi connectivity index (χ3v) is 6.83. The van der Waals surface area contributed by atoms with Crippen molar-refractivity contribution in [1.82, 2.24) is 9.29 Å². The van der Waals surface area contributed by atoms with Crippen molar-refractivity contribution in [2.45, 2.75) is 30.0 Å². The lowest BCUT2D eigenvalue weighted by molar-refractivity contribution is 0.0764. The van der Waals surface area contributed by atoms with Crippen LogP contribution in [0.25, 0.3) is 0 Å². The molecule has 0 aliphatic carbocycles. The van der Waals surface area contributed by atoms with E-state index in [1.54, 1.807) is 30.5 Å². The zero-order valence-corrected chi connectivity index (χ0v) is 15.5. The second-order valence-electron chi connectivity index (χ2n) is 6.61. The zero-order valence-electron chi connectivity index (χ0n) is 14.6. The van der Waals surface area contributed by atoms with Gasteiger partial charge in [-0.25, -0.2) is 8.42 Å². The van der Waals surface area contributed by atoms with Gasteiger partial charge in [0.2, 0.25) is 10.0 Å². The van der Waals surface area contributed by atoms with Crippen LogP contribution in [0.1, 0.15) is 22.9 Å². The fraction of sp³-hybridized carbons (Fsp3) is 0.190. The van der Waals surface area contributed by atoms with Gasteiger partial charge in [-0.1, -0.05) is 54.6 Å². The van der Waals surface area contributed by atoms with Crippen molar-refractivity contribution in [2.24, 2.45) is 0 Å². The number of pyridine rings is 1. The molecule has 138 valence electrons. The van der Waals surface area contributed by atoms with Crippen LogP contribution in [0, 0.1) is 0 Å². The molecule has 1 N–H and O–H groups in total. The lowest BCUT2D eigenvalue weighted by Gasteiger charge is -2.39. The van der Waals surface area contributed by atoms with E-state index in [2.05, 4.69) is 4.98 Å². The van der Waals surface area contributed by atoms with E-state index in [1.165, 1.54) is 4.31 Å². The summed E-state index contributed by atoms with van der Waals surface area (Å²) in [5.74, 6) is 0. The maximum atomic E-state index is 13.3. The zero-order chi connectivity index (χ0) is 18.9. The molecule has 0 unspecified atom stereocenters. The van der Waals surface area contributed by atoms with Gasteiger partial charge in [0, 0.05) is 30.4 Å². The minimum absolute atomic E-state index is 0.172. The minimum atomic E-state index is -3.74. The van der Waals surface area contributed by atoms with Crippen molar-refractivity contribution in [3.63, 3.8) is 0 Å². The van der Waals surface area contributed by atoms with Gasteiger partial charge in [-0.2, -0.15) is 4.31 Å². The van der Waals surface area contributed by atoms with Crippen LogP contribution in [0.2, 0.25) is 0 Å². The maximum Gasteiger partial charge on any atom is 0.244 e. The Bertz CT molecular complexity index is 1020. The number of rotatable bonds is 4. The van der Waals surface area contributed by atoms with Crippen molar-refractivity contribution in [1.29, 1.82) is 0 Å². The predicted molar refractivity (Wildman–Crippen MR) is 102 cm³/mol. The molecule has 0 amide bonds. The maximum absolute atomic E-state index is 13.3. The fourth-order valence-corrected chi connectivity index (χ4v) is 5.40. The number of sulfonamides is 1. The second kappa shape index (κ2) is 7.23. The van der Waals surface area contributed by atoms with Crippen LogP contribution in [-0.2, 0) is 23.0 Å². The fourth-order valence-electron chi connectivity index (χ4n) is 3.54. The normalized spacial score (nSPS) is 21.5. The van der Waals surface area contributed by atoms with E-state index < -0.39 is 22.2 Å². The van der Waals surface area contributed by atoms with E-state index in [1.807, 2.05) is 48.5 Å². The highest BCUT2D eigenvalue weighted by Crippen LogP contribution is 2.38. The summed E-state index contributed by atoms with van der Waals surface area (Å²) in [6, 6.07) is 21.0. The molecule has 0 fully saturated rings. The predicted octanol–water partition coefficient (Wildman–Crippen LogP) is 2.93. The third-order valence-electron chi connectivity index (χ3n) is 4.88.